The molecule has 0 aliphatic heterocycles. The van der Waals surface area contributed by atoms with E-state index in [4.69, 9.17) is 4.74 Å². The Morgan fingerprint density at radius 2 is 2.21 bits per heavy atom. The van der Waals surface area contributed by atoms with Crippen LogP contribution in [0.3, 0.4) is 0 Å². The van der Waals surface area contributed by atoms with Crippen LogP contribution in [-0.2, 0) is 5.75 Å². The molecule has 1 amide bonds. The summed E-state index contributed by atoms with van der Waals surface area (Å²) in [6.07, 6.45) is 1.40. The van der Waals surface area contributed by atoms with Gasteiger partial charge in [0, 0.05) is 11.8 Å². The van der Waals surface area contributed by atoms with E-state index in [1.807, 2.05) is 0 Å². The average Bonchev–Trinajstić information content (AvgIpc) is 3.36. The van der Waals surface area contributed by atoms with Crippen LogP contribution in [0.4, 0.5) is 5.13 Å². The summed E-state index contributed by atoms with van der Waals surface area (Å²) in [6, 6.07) is 8.35. The molecule has 4 aromatic rings. The lowest BCUT2D eigenvalue weighted by atomic mass is 10.2. The van der Waals surface area contributed by atoms with Crippen molar-refractivity contribution >= 4 is 39.9 Å². The molecule has 0 bridgehead atoms. The van der Waals surface area contributed by atoms with Gasteiger partial charge in [-0.05, 0) is 12.1 Å². The van der Waals surface area contributed by atoms with Crippen molar-refractivity contribution < 1.29 is 9.53 Å². The molecule has 0 aliphatic rings. The highest BCUT2D eigenvalue weighted by Gasteiger charge is 2.14. The molecule has 0 aliphatic carbocycles. The van der Waals surface area contributed by atoms with Crippen LogP contribution in [0.5, 0.6) is 5.75 Å². The highest BCUT2D eigenvalue weighted by Crippen LogP contribution is 2.28. The van der Waals surface area contributed by atoms with Gasteiger partial charge in [-0.1, -0.05) is 35.2 Å². The summed E-state index contributed by atoms with van der Waals surface area (Å²) in [5.74, 6) is 0.882. The van der Waals surface area contributed by atoms with Crippen LogP contribution < -0.4 is 15.6 Å². The van der Waals surface area contributed by atoms with E-state index in [9.17, 15) is 9.59 Å². The molecule has 1 aromatic carbocycles. The van der Waals surface area contributed by atoms with E-state index >= 15 is 0 Å². The molecular formula is C16H13N7O3S2. The van der Waals surface area contributed by atoms with Gasteiger partial charge in [0.25, 0.3) is 17.2 Å². The maximum atomic E-state index is 12.4. The van der Waals surface area contributed by atoms with E-state index in [-0.39, 0.29) is 11.5 Å². The van der Waals surface area contributed by atoms with Gasteiger partial charge in [-0.3, -0.25) is 20.0 Å². The van der Waals surface area contributed by atoms with Crippen LogP contribution in [0.2, 0.25) is 0 Å². The lowest BCUT2D eigenvalue weighted by Gasteiger charge is -2.06. The Labute approximate surface area is 166 Å². The van der Waals surface area contributed by atoms with Crippen molar-refractivity contribution in [1.29, 1.82) is 0 Å². The van der Waals surface area contributed by atoms with Crippen molar-refractivity contribution in [3.63, 3.8) is 0 Å². The van der Waals surface area contributed by atoms with Gasteiger partial charge in [0.2, 0.25) is 5.13 Å². The maximum Gasteiger partial charge on any atom is 0.274 e. The molecule has 0 atom stereocenters. The van der Waals surface area contributed by atoms with Gasteiger partial charge in [-0.25, -0.2) is 9.97 Å². The molecule has 0 saturated heterocycles. The lowest BCUT2D eigenvalue weighted by molar-refractivity contribution is 0.102. The molecule has 3 aromatic heterocycles. The van der Waals surface area contributed by atoms with Gasteiger partial charge in [-0.2, -0.15) is 4.52 Å². The Kier molecular flexibility index (Phi) is 5.04. The second kappa shape index (κ2) is 7.78. The van der Waals surface area contributed by atoms with Gasteiger partial charge in [0.05, 0.1) is 18.4 Å². The number of hydrogen-bond acceptors (Lipinski definition) is 9. The Morgan fingerprint density at radius 1 is 1.36 bits per heavy atom. The second-order valence-electron chi connectivity index (χ2n) is 5.42. The highest BCUT2D eigenvalue weighted by atomic mass is 32.2. The Balaban J connectivity index is 1.42. The number of carbonyl (C=O) groups excluding carboxylic acids is 1. The number of fused-ring (bicyclic) bond motifs is 1. The minimum atomic E-state index is -0.330. The van der Waals surface area contributed by atoms with E-state index in [2.05, 4.69) is 30.6 Å². The zero-order chi connectivity index (χ0) is 19.5. The normalized spacial score (nSPS) is 10.9. The van der Waals surface area contributed by atoms with Gasteiger partial charge in [0.15, 0.2) is 4.34 Å². The molecule has 0 saturated carbocycles. The number of thioether (sulfide) groups is 1. The first kappa shape index (κ1) is 18.1. The summed E-state index contributed by atoms with van der Waals surface area (Å²) in [5, 5.41) is 13.8. The predicted octanol–water partition coefficient (Wildman–Crippen LogP) is 1.82. The van der Waals surface area contributed by atoms with Crippen LogP contribution in [0.25, 0.3) is 5.78 Å². The van der Waals surface area contributed by atoms with Gasteiger partial charge < -0.3 is 4.74 Å². The summed E-state index contributed by atoms with van der Waals surface area (Å²) < 4.78 is 7.09. The first-order valence-corrected chi connectivity index (χ1v) is 9.77. The van der Waals surface area contributed by atoms with E-state index in [0.29, 0.717) is 38.0 Å². The van der Waals surface area contributed by atoms with Crippen molar-refractivity contribution in [2.75, 3.05) is 12.4 Å². The van der Waals surface area contributed by atoms with E-state index in [1.54, 1.807) is 24.3 Å². The molecule has 4 rings (SSSR count). The van der Waals surface area contributed by atoms with E-state index < -0.39 is 0 Å². The fourth-order valence-electron chi connectivity index (χ4n) is 2.39. The number of benzene rings is 1. The molecule has 0 radical (unpaired) electrons. The zero-order valence-corrected chi connectivity index (χ0v) is 16.1. The number of aromatic amines is 1. The van der Waals surface area contributed by atoms with E-state index in [0.717, 1.165) is 0 Å². The third-order valence-electron chi connectivity index (χ3n) is 3.64. The summed E-state index contributed by atoms with van der Waals surface area (Å²) in [5.41, 5.74) is 0.753. The zero-order valence-electron chi connectivity index (χ0n) is 14.4. The largest absolute Gasteiger partial charge is 0.496 e. The molecule has 2 N–H and O–H groups in total. The number of nitrogens with one attached hydrogen (secondary N) is 2. The van der Waals surface area contributed by atoms with Crippen LogP contribution in [0, 0.1) is 0 Å². The first-order valence-electron chi connectivity index (χ1n) is 7.97. The second-order valence-corrected chi connectivity index (χ2v) is 7.62. The quantitative estimate of drug-likeness (QED) is 0.361. The molecule has 0 fully saturated rings. The van der Waals surface area contributed by atoms with Crippen LogP contribution in [-0.4, -0.2) is 42.8 Å². The highest BCUT2D eigenvalue weighted by molar-refractivity contribution is 8.00. The van der Waals surface area contributed by atoms with Crippen LogP contribution in [0.1, 0.15) is 16.1 Å². The monoisotopic (exact) mass is 415 g/mol. The van der Waals surface area contributed by atoms with Crippen LogP contribution in [0.15, 0.2) is 45.8 Å². The minimum Gasteiger partial charge on any atom is -0.496 e. The number of H-pyrrole nitrogens is 1. The summed E-state index contributed by atoms with van der Waals surface area (Å²) in [7, 11) is 1.51. The third kappa shape index (κ3) is 3.73. The Morgan fingerprint density at radius 3 is 3.07 bits per heavy atom. The fraction of sp³-hybridized carbons (Fsp3) is 0.125. The molecular weight excluding hydrogens is 402 g/mol. The molecule has 0 unspecified atom stereocenters. The number of anilines is 1. The maximum absolute atomic E-state index is 12.4. The number of ether oxygens (including phenoxy) is 1. The fourth-order valence-corrected chi connectivity index (χ4v) is 4.03. The van der Waals surface area contributed by atoms with Crippen molar-refractivity contribution in [3.05, 3.63) is 58.3 Å². The number of aromatic nitrogens is 6. The topological polar surface area (TPSA) is 127 Å². The smallest absolute Gasteiger partial charge is 0.274 e. The SMILES string of the molecule is COc1ccccc1C(=O)Nc1nnc(SCc2cc(=O)n3[nH]cnc3n2)s1. The average molecular weight is 415 g/mol. The Hall–Kier alpha value is -3.25. The molecule has 28 heavy (non-hydrogen) atoms. The molecule has 142 valence electrons. The van der Waals surface area contributed by atoms with Crippen molar-refractivity contribution in [1.82, 2.24) is 29.8 Å². The van der Waals surface area contributed by atoms with Crippen molar-refractivity contribution in [2.24, 2.45) is 0 Å². The Bertz CT molecular complexity index is 1200. The number of hydrogen-bond donors (Lipinski definition) is 2. The number of methoxy groups -OCH3 is 1. The summed E-state index contributed by atoms with van der Waals surface area (Å²) in [4.78, 5) is 32.6. The van der Waals surface area contributed by atoms with Crippen molar-refractivity contribution in [2.45, 2.75) is 10.1 Å². The molecule has 3 heterocycles. The number of carbonyl (C=O) groups is 1. The number of para-hydroxylation sites is 1. The number of amides is 1. The van der Waals surface area contributed by atoms with Gasteiger partial charge in [0.1, 0.15) is 12.1 Å². The van der Waals surface area contributed by atoms with E-state index in [1.165, 1.54) is 47.1 Å². The third-order valence-corrected chi connectivity index (χ3v) is 5.65. The molecule has 12 heteroatoms. The predicted molar refractivity (Wildman–Crippen MR) is 104 cm³/mol. The van der Waals surface area contributed by atoms with Gasteiger partial charge in [-0.15, -0.1) is 10.2 Å². The number of rotatable bonds is 6. The first-order chi connectivity index (χ1) is 13.6. The summed E-state index contributed by atoms with van der Waals surface area (Å²) >= 11 is 2.60. The van der Waals surface area contributed by atoms with Crippen LogP contribution >= 0.6 is 23.1 Å². The molecule has 0 spiro atoms. The standard InChI is InChI=1S/C16H13N7O3S2/c1-26-11-5-3-2-4-10(11)13(25)20-15-21-22-16(28-15)27-7-9-6-12(24)23-14(19-9)17-8-18-23/h2-6,8H,7H2,1H3,(H,17,18,19)(H,20,21,25). The number of nitrogens with zero attached hydrogens (tertiary/aromatic N) is 5. The minimum absolute atomic E-state index is 0.236. The lowest BCUT2D eigenvalue weighted by Crippen LogP contribution is -2.15. The summed E-state index contributed by atoms with van der Waals surface area (Å²) in [6.45, 7) is 0. The van der Waals surface area contributed by atoms with Gasteiger partial charge >= 0.3 is 0 Å². The van der Waals surface area contributed by atoms with Crippen molar-refractivity contribution in [3.8, 4) is 5.75 Å². The molecule has 10 nitrogen and oxygen atoms in total.